The topological polar surface area (TPSA) is 69.0 Å². The fraction of sp³-hybridized carbons (Fsp3) is 0.400. The number of nitrogens with one attached hydrogen (secondary N) is 1. The molecule has 0 fully saturated rings. The number of thioether (sulfide) groups is 1. The fourth-order valence-corrected chi connectivity index (χ4v) is 2.79. The first-order valence-corrected chi connectivity index (χ1v) is 8.02. The Labute approximate surface area is 133 Å². The Kier molecular flexibility index (Phi) is 3.82. The van der Waals surface area contributed by atoms with E-state index in [1.165, 1.54) is 17.3 Å². The average molecular weight is 318 g/mol. The first kappa shape index (κ1) is 14.9. The first-order valence-electron chi connectivity index (χ1n) is 7.04. The van der Waals surface area contributed by atoms with Crippen molar-refractivity contribution in [1.82, 2.24) is 14.9 Å². The van der Waals surface area contributed by atoms with Gasteiger partial charge in [0.05, 0.1) is 5.75 Å². The molecule has 0 bridgehead atoms. The summed E-state index contributed by atoms with van der Waals surface area (Å²) in [6, 6.07) is 8.02. The molecule has 0 unspecified atom stereocenters. The van der Waals surface area contributed by atoms with Crippen LogP contribution >= 0.6 is 11.8 Å². The fourth-order valence-electron chi connectivity index (χ4n) is 2.09. The van der Waals surface area contributed by atoms with Gasteiger partial charge in [-0.2, -0.15) is 0 Å². The van der Waals surface area contributed by atoms with E-state index in [9.17, 15) is 4.79 Å². The predicted molar refractivity (Wildman–Crippen MR) is 84.6 cm³/mol. The Morgan fingerprint density at radius 2 is 2.00 bits per heavy atom. The van der Waals surface area contributed by atoms with Crippen LogP contribution in [-0.4, -0.2) is 26.5 Å². The van der Waals surface area contributed by atoms with E-state index in [0.29, 0.717) is 16.7 Å². The number of carbonyl (C=O) groups is 1. The summed E-state index contributed by atoms with van der Waals surface area (Å²) in [4.78, 5) is 11.4. The van der Waals surface area contributed by atoms with Gasteiger partial charge >= 0.3 is 0 Å². The highest BCUT2D eigenvalue weighted by Crippen LogP contribution is 2.25. The number of benzene rings is 1. The maximum Gasteiger partial charge on any atom is 0.249 e. The van der Waals surface area contributed by atoms with E-state index in [1.807, 2.05) is 12.1 Å². The molecule has 6 nitrogen and oxygen atoms in total. The molecule has 1 amide bonds. The summed E-state index contributed by atoms with van der Waals surface area (Å²) in [5.74, 6) is 1.65. The molecule has 7 heteroatoms. The molecule has 1 N–H and O–H groups in total. The molecular formula is C15H18N4O2S. The number of fused-ring (bicyclic) bond motifs is 1. The van der Waals surface area contributed by atoms with Crippen LogP contribution in [0.3, 0.4) is 0 Å². The Hall–Kier alpha value is -2.02. The monoisotopic (exact) mass is 318 g/mol. The Morgan fingerprint density at radius 3 is 2.68 bits per heavy atom. The maximum absolute atomic E-state index is 11.4. The van der Waals surface area contributed by atoms with E-state index in [-0.39, 0.29) is 17.9 Å². The quantitative estimate of drug-likeness (QED) is 0.940. The van der Waals surface area contributed by atoms with Gasteiger partial charge in [-0.25, -0.2) is 4.68 Å². The van der Waals surface area contributed by atoms with Crippen molar-refractivity contribution in [1.29, 1.82) is 0 Å². The third-order valence-electron chi connectivity index (χ3n) is 3.36. The predicted octanol–water partition coefficient (Wildman–Crippen LogP) is 2.33. The van der Waals surface area contributed by atoms with Crippen LogP contribution in [0, 0.1) is 0 Å². The van der Waals surface area contributed by atoms with Crippen LogP contribution < -0.4 is 10.2 Å². The van der Waals surface area contributed by atoms with Crippen LogP contribution in [-0.2, 0) is 16.8 Å². The Morgan fingerprint density at radius 1 is 1.27 bits per heavy atom. The Balaban J connectivity index is 1.68. The summed E-state index contributed by atoms with van der Waals surface area (Å²) < 4.78 is 7.32. The van der Waals surface area contributed by atoms with Gasteiger partial charge in [0.1, 0.15) is 12.4 Å². The van der Waals surface area contributed by atoms with Crippen molar-refractivity contribution in [2.24, 2.45) is 0 Å². The van der Waals surface area contributed by atoms with Gasteiger partial charge in [-0.1, -0.05) is 44.7 Å². The van der Waals surface area contributed by atoms with Gasteiger partial charge < -0.3 is 4.74 Å². The smallest absolute Gasteiger partial charge is 0.249 e. The molecule has 0 spiro atoms. The number of aromatic nitrogens is 3. The van der Waals surface area contributed by atoms with Crippen molar-refractivity contribution in [3.63, 3.8) is 0 Å². The standard InChI is InChI=1S/C15H18N4O2S/c1-15(2,3)10-4-6-11(7-5-10)21-8-12-16-17-14-19(12)18-13(20)9-22-14/h4-7H,8-9H2,1-3H3,(H,18,20). The van der Waals surface area contributed by atoms with Crippen molar-refractivity contribution in [3.8, 4) is 5.75 Å². The molecule has 22 heavy (non-hydrogen) atoms. The third-order valence-corrected chi connectivity index (χ3v) is 4.29. The van der Waals surface area contributed by atoms with Crippen molar-refractivity contribution in [3.05, 3.63) is 35.7 Å². The number of hydrogen-bond donors (Lipinski definition) is 1. The molecule has 2 heterocycles. The van der Waals surface area contributed by atoms with Crippen LogP contribution in [0.25, 0.3) is 0 Å². The molecule has 2 aromatic rings. The molecule has 0 saturated heterocycles. The zero-order valence-electron chi connectivity index (χ0n) is 12.8. The molecule has 0 radical (unpaired) electrons. The lowest BCUT2D eigenvalue weighted by Crippen LogP contribution is -2.31. The lowest BCUT2D eigenvalue weighted by atomic mass is 9.87. The Bertz CT molecular complexity index is 689. The highest BCUT2D eigenvalue weighted by Gasteiger charge is 2.21. The second-order valence-electron chi connectivity index (χ2n) is 6.12. The normalized spacial score (nSPS) is 14.4. The lowest BCUT2D eigenvalue weighted by molar-refractivity contribution is -0.115. The lowest BCUT2D eigenvalue weighted by Gasteiger charge is -2.19. The van der Waals surface area contributed by atoms with Crippen LogP contribution in [0.15, 0.2) is 29.4 Å². The summed E-state index contributed by atoms with van der Waals surface area (Å²) >= 11 is 1.37. The van der Waals surface area contributed by atoms with E-state index in [0.717, 1.165) is 5.75 Å². The van der Waals surface area contributed by atoms with Crippen LogP contribution in [0.5, 0.6) is 5.75 Å². The van der Waals surface area contributed by atoms with E-state index < -0.39 is 0 Å². The van der Waals surface area contributed by atoms with E-state index in [4.69, 9.17) is 4.74 Å². The molecule has 3 rings (SSSR count). The van der Waals surface area contributed by atoms with Crippen molar-refractivity contribution < 1.29 is 9.53 Å². The molecular weight excluding hydrogens is 300 g/mol. The van der Waals surface area contributed by atoms with Crippen molar-refractivity contribution in [2.45, 2.75) is 37.9 Å². The van der Waals surface area contributed by atoms with Crippen LogP contribution in [0.2, 0.25) is 0 Å². The number of amides is 1. The van der Waals surface area contributed by atoms with Gasteiger partial charge in [-0.15, -0.1) is 10.2 Å². The minimum Gasteiger partial charge on any atom is -0.486 e. The second kappa shape index (κ2) is 5.64. The van der Waals surface area contributed by atoms with Gasteiger partial charge in [0, 0.05) is 0 Å². The van der Waals surface area contributed by atoms with E-state index in [1.54, 1.807) is 4.68 Å². The maximum atomic E-state index is 11.4. The molecule has 1 aliphatic heterocycles. The third kappa shape index (κ3) is 3.09. The summed E-state index contributed by atoms with van der Waals surface area (Å²) in [6.07, 6.45) is 0. The SMILES string of the molecule is CC(C)(C)c1ccc(OCc2nnc3n2NC(=O)CS3)cc1. The molecule has 1 aliphatic rings. The van der Waals surface area contributed by atoms with Gasteiger partial charge in [-0.05, 0) is 23.1 Å². The van der Waals surface area contributed by atoms with Crippen LogP contribution in [0.4, 0.5) is 0 Å². The number of rotatable bonds is 3. The minimum atomic E-state index is -0.0620. The van der Waals surface area contributed by atoms with Gasteiger partial charge in [0.2, 0.25) is 11.1 Å². The number of nitrogens with zero attached hydrogens (tertiary/aromatic N) is 3. The highest BCUT2D eigenvalue weighted by atomic mass is 32.2. The van der Waals surface area contributed by atoms with E-state index >= 15 is 0 Å². The zero-order valence-corrected chi connectivity index (χ0v) is 13.6. The molecule has 116 valence electrons. The first-order chi connectivity index (χ1) is 10.4. The highest BCUT2D eigenvalue weighted by molar-refractivity contribution is 7.99. The summed E-state index contributed by atoms with van der Waals surface area (Å²) in [6.45, 7) is 6.77. The molecule has 1 aromatic carbocycles. The number of hydrogen-bond acceptors (Lipinski definition) is 5. The molecule has 1 aromatic heterocycles. The summed E-state index contributed by atoms with van der Waals surface area (Å²) in [7, 11) is 0. The summed E-state index contributed by atoms with van der Waals surface area (Å²) in [5, 5.41) is 8.77. The van der Waals surface area contributed by atoms with Gasteiger partial charge in [0.25, 0.3) is 0 Å². The largest absolute Gasteiger partial charge is 0.486 e. The average Bonchev–Trinajstić information content (AvgIpc) is 2.87. The number of carbonyl (C=O) groups excluding carboxylic acids is 1. The van der Waals surface area contributed by atoms with Crippen molar-refractivity contribution >= 4 is 17.7 Å². The molecule has 0 saturated carbocycles. The van der Waals surface area contributed by atoms with Crippen LogP contribution in [0.1, 0.15) is 32.2 Å². The van der Waals surface area contributed by atoms with E-state index in [2.05, 4.69) is 48.5 Å². The number of ether oxygens (including phenoxy) is 1. The van der Waals surface area contributed by atoms with Crippen molar-refractivity contribution in [2.75, 3.05) is 11.2 Å². The molecule has 0 atom stereocenters. The summed E-state index contributed by atoms with van der Waals surface area (Å²) in [5.41, 5.74) is 4.10. The van der Waals surface area contributed by atoms with Gasteiger partial charge in [-0.3, -0.25) is 10.2 Å². The zero-order chi connectivity index (χ0) is 15.7. The van der Waals surface area contributed by atoms with Gasteiger partial charge in [0.15, 0.2) is 5.82 Å². The minimum absolute atomic E-state index is 0.0620. The molecule has 0 aliphatic carbocycles. The second-order valence-corrected chi connectivity index (χ2v) is 7.06.